The highest BCUT2D eigenvalue weighted by atomic mass is 32.1. The van der Waals surface area contributed by atoms with E-state index in [2.05, 4.69) is 5.32 Å². The van der Waals surface area contributed by atoms with Gasteiger partial charge in [0.25, 0.3) is 5.91 Å². The Balaban J connectivity index is 1.82. The molecule has 2 aromatic rings. The predicted molar refractivity (Wildman–Crippen MR) is 86.9 cm³/mol. The summed E-state index contributed by atoms with van der Waals surface area (Å²) in [6.07, 6.45) is 1.43. The molecule has 2 amide bonds. The van der Waals surface area contributed by atoms with Crippen molar-refractivity contribution in [1.82, 2.24) is 0 Å². The van der Waals surface area contributed by atoms with Crippen LogP contribution in [0.25, 0.3) is 0 Å². The predicted octanol–water partition coefficient (Wildman–Crippen LogP) is 3.14. The number of thiophene rings is 1. The second-order valence-corrected chi connectivity index (χ2v) is 5.91. The molecule has 1 fully saturated rings. The molecular formula is C16H16N2O3S. The number of rotatable bonds is 4. The van der Waals surface area contributed by atoms with Crippen molar-refractivity contribution >= 4 is 34.5 Å². The minimum atomic E-state index is -0.151. The lowest BCUT2D eigenvalue weighted by Gasteiger charge is -2.19. The minimum absolute atomic E-state index is 0.105. The molecule has 1 aromatic heterocycles. The molecule has 0 bridgehead atoms. The fourth-order valence-electron chi connectivity index (χ4n) is 2.48. The van der Waals surface area contributed by atoms with Crippen LogP contribution in [0.15, 0.2) is 35.7 Å². The first-order valence-corrected chi connectivity index (χ1v) is 7.90. The van der Waals surface area contributed by atoms with Gasteiger partial charge < -0.3 is 15.0 Å². The van der Waals surface area contributed by atoms with Crippen molar-refractivity contribution in [3.8, 4) is 5.75 Å². The van der Waals surface area contributed by atoms with E-state index < -0.39 is 0 Å². The van der Waals surface area contributed by atoms with E-state index in [9.17, 15) is 9.59 Å². The van der Waals surface area contributed by atoms with Crippen LogP contribution in [0.2, 0.25) is 0 Å². The van der Waals surface area contributed by atoms with E-state index in [1.165, 1.54) is 11.3 Å². The van der Waals surface area contributed by atoms with Crippen LogP contribution in [0.3, 0.4) is 0 Å². The molecule has 5 nitrogen and oxygen atoms in total. The monoisotopic (exact) mass is 316 g/mol. The Morgan fingerprint density at radius 2 is 2.23 bits per heavy atom. The lowest BCUT2D eigenvalue weighted by atomic mass is 10.2. The highest BCUT2D eigenvalue weighted by molar-refractivity contribution is 7.12. The number of hydrogen-bond acceptors (Lipinski definition) is 4. The number of amides is 2. The molecule has 3 rings (SSSR count). The zero-order valence-electron chi connectivity index (χ0n) is 12.2. The molecule has 0 saturated carbocycles. The van der Waals surface area contributed by atoms with Gasteiger partial charge in [0.05, 0.1) is 17.7 Å². The lowest BCUT2D eigenvalue weighted by molar-refractivity contribution is -0.117. The molecule has 6 heteroatoms. The SMILES string of the molecule is COc1cc(NC(=O)c2cccs2)ccc1N1CCCC1=O. The molecule has 1 saturated heterocycles. The zero-order valence-corrected chi connectivity index (χ0v) is 13.0. The van der Waals surface area contributed by atoms with Gasteiger partial charge in [-0.2, -0.15) is 0 Å². The Hall–Kier alpha value is -2.34. The van der Waals surface area contributed by atoms with Crippen molar-refractivity contribution in [3.63, 3.8) is 0 Å². The molecule has 0 spiro atoms. The third-order valence-corrected chi connectivity index (χ3v) is 4.42. The smallest absolute Gasteiger partial charge is 0.265 e. The highest BCUT2D eigenvalue weighted by Crippen LogP contribution is 2.34. The molecule has 2 heterocycles. The van der Waals surface area contributed by atoms with Gasteiger partial charge >= 0.3 is 0 Å². The summed E-state index contributed by atoms with van der Waals surface area (Å²) in [5.74, 6) is 0.537. The van der Waals surface area contributed by atoms with E-state index in [-0.39, 0.29) is 11.8 Å². The third-order valence-electron chi connectivity index (χ3n) is 3.55. The molecule has 1 N–H and O–H groups in total. The maximum absolute atomic E-state index is 12.1. The van der Waals surface area contributed by atoms with Crippen LogP contribution in [0.1, 0.15) is 22.5 Å². The summed E-state index contributed by atoms with van der Waals surface area (Å²) < 4.78 is 5.38. The molecule has 0 aliphatic carbocycles. The largest absolute Gasteiger partial charge is 0.494 e. The van der Waals surface area contributed by atoms with Gasteiger partial charge in [-0.25, -0.2) is 0 Å². The average Bonchev–Trinajstić information content (AvgIpc) is 3.18. The Morgan fingerprint density at radius 3 is 2.86 bits per heavy atom. The van der Waals surface area contributed by atoms with Crippen LogP contribution in [0.4, 0.5) is 11.4 Å². The Bertz CT molecular complexity index is 697. The van der Waals surface area contributed by atoms with Crippen LogP contribution in [0.5, 0.6) is 5.75 Å². The fourth-order valence-corrected chi connectivity index (χ4v) is 3.10. The summed E-state index contributed by atoms with van der Waals surface area (Å²) in [4.78, 5) is 26.3. The van der Waals surface area contributed by atoms with Gasteiger partial charge in [0.2, 0.25) is 5.91 Å². The van der Waals surface area contributed by atoms with E-state index in [0.29, 0.717) is 29.3 Å². The van der Waals surface area contributed by atoms with E-state index in [4.69, 9.17) is 4.74 Å². The third kappa shape index (κ3) is 2.82. The van der Waals surface area contributed by atoms with E-state index in [0.717, 1.165) is 12.1 Å². The maximum atomic E-state index is 12.1. The van der Waals surface area contributed by atoms with E-state index in [1.54, 1.807) is 30.2 Å². The van der Waals surface area contributed by atoms with E-state index in [1.807, 2.05) is 17.5 Å². The van der Waals surface area contributed by atoms with Crippen molar-refractivity contribution in [2.75, 3.05) is 23.9 Å². The summed E-state index contributed by atoms with van der Waals surface area (Å²) in [5.41, 5.74) is 1.39. The number of methoxy groups -OCH3 is 1. The second-order valence-electron chi connectivity index (χ2n) is 4.97. The van der Waals surface area contributed by atoms with Gasteiger partial charge in [0.1, 0.15) is 5.75 Å². The summed E-state index contributed by atoms with van der Waals surface area (Å²) in [6, 6.07) is 8.95. The number of ether oxygens (including phenoxy) is 1. The first kappa shape index (κ1) is 14.6. The molecule has 1 aromatic carbocycles. The summed E-state index contributed by atoms with van der Waals surface area (Å²) in [5, 5.41) is 4.69. The number of benzene rings is 1. The van der Waals surface area contributed by atoms with Crippen LogP contribution in [-0.4, -0.2) is 25.5 Å². The van der Waals surface area contributed by atoms with Crippen LogP contribution in [0, 0.1) is 0 Å². The van der Waals surface area contributed by atoms with Gasteiger partial charge in [0, 0.05) is 24.7 Å². The average molecular weight is 316 g/mol. The zero-order chi connectivity index (χ0) is 15.5. The molecule has 0 radical (unpaired) electrons. The molecule has 0 unspecified atom stereocenters. The molecule has 1 aliphatic rings. The number of carbonyl (C=O) groups is 2. The Morgan fingerprint density at radius 1 is 1.36 bits per heavy atom. The van der Waals surface area contributed by atoms with Crippen molar-refractivity contribution in [2.45, 2.75) is 12.8 Å². The summed E-state index contributed by atoms with van der Waals surface area (Å²) in [7, 11) is 1.56. The first-order valence-electron chi connectivity index (χ1n) is 7.02. The highest BCUT2D eigenvalue weighted by Gasteiger charge is 2.24. The normalized spacial score (nSPS) is 14.2. The second kappa shape index (κ2) is 6.19. The maximum Gasteiger partial charge on any atom is 0.265 e. The summed E-state index contributed by atoms with van der Waals surface area (Å²) in [6.45, 7) is 0.704. The van der Waals surface area contributed by atoms with Gasteiger partial charge in [0.15, 0.2) is 0 Å². The number of hydrogen-bond donors (Lipinski definition) is 1. The van der Waals surface area contributed by atoms with Crippen molar-refractivity contribution in [2.24, 2.45) is 0 Å². The minimum Gasteiger partial charge on any atom is -0.494 e. The molecular weight excluding hydrogens is 300 g/mol. The van der Waals surface area contributed by atoms with Gasteiger partial charge in [-0.1, -0.05) is 6.07 Å². The standard InChI is InChI=1S/C16H16N2O3S/c1-21-13-10-11(17-16(20)14-4-3-9-22-14)6-7-12(13)18-8-2-5-15(18)19/h3-4,6-7,9-10H,2,5,8H2,1H3,(H,17,20). The topological polar surface area (TPSA) is 58.6 Å². The van der Waals surface area contributed by atoms with E-state index >= 15 is 0 Å². The van der Waals surface area contributed by atoms with Crippen molar-refractivity contribution in [3.05, 3.63) is 40.6 Å². The summed E-state index contributed by atoms with van der Waals surface area (Å²) >= 11 is 1.39. The number of carbonyl (C=O) groups excluding carboxylic acids is 2. The van der Waals surface area contributed by atoms with Gasteiger partial charge in [-0.15, -0.1) is 11.3 Å². The quantitative estimate of drug-likeness (QED) is 0.942. The lowest BCUT2D eigenvalue weighted by Crippen LogP contribution is -2.24. The molecule has 1 aliphatic heterocycles. The van der Waals surface area contributed by atoms with Crippen LogP contribution < -0.4 is 15.0 Å². The van der Waals surface area contributed by atoms with Gasteiger partial charge in [-0.3, -0.25) is 9.59 Å². The Labute approximate surface area is 132 Å². The van der Waals surface area contributed by atoms with Crippen LogP contribution >= 0.6 is 11.3 Å². The molecule has 114 valence electrons. The number of nitrogens with zero attached hydrogens (tertiary/aromatic N) is 1. The number of anilines is 2. The van der Waals surface area contributed by atoms with Crippen LogP contribution in [-0.2, 0) is 4.79 Å². The first-order chi connectivity index (χ1) is 10.7. The number of nitrogens with one attached hydrogen (secondary N) is 1. The molecule has 22 heavy (non-hydrogen) atoms. The fraction of sp³-hybridized carbons (Fsp3) is 0.250. The van der Waals surface area contributed by atoms with Gasteiger partial charge in [-0.05, 0) is 30.0 Å². The van der Waals surface area contributed by atoms with Crippen molar-refractivity contribution < 1.29 is 14.3 Å². The Kier molecular flexibility index (Phi) is 4.11. The molecule has 0 atom stereocenters. The van der Waals surface area contributed by atoms with Crippen molar-refractivity contribution in [1.29, 1.82) is 0 Å².